The van der Waals surface area contributed by atoms with Crippen molar-refractivity contribution in [2.45, 2.75) is 25.3 Å². The number of nitrogen functional groups attached to an aromatic ring is 2. The van der Waals surface area contributed by atoms with Crippen LogP contribution in [-0.4, -0.2) is 23.9 Å². The van der Waals surface area contributed by atoms with Crippen LogP contribution >= 0.6 is 0 Å². The van der Waals surface area contributed by atoms with Crippen LogP contribution in [0.4, 0.5) is 11.5 Å². The van der Waals surface area contributed by atoms with Gasteiger partial charge in [0.25, 0.3) is 0 Å². The number of anilines is 2. The van der Waals surface area contributed by atoms with Crippen LogP contribution in [0.1, 0.15) is 25.3 Å². The lowest BCUT2D eigenvalue weighted by atomic mass is 9.93. The highest BCUT2D eigenvalue weighted by molar-refractivity contribution is 6.00. The number of nitrogens with zero attached hydrogens (tertiary/aromatic N) is 5. The van der Waals surface area contributed by atoms with E-state index in [9.17, 15) is 0 Å². The van der Waals surface area contributed by atoms with E-state index in [1.807, 2.05) is 22.7 Å². The molecule has 0 atom stereocenters. The third-order valence-corrected chi connectivity index (χ3v) is 4.96. The average Bonchev–Trinajstić information content (AvgIpc) is 3.13. The lowest BCUT2D eigenvalue weighted by molar-refractivity contribution is 0.320. The Morgan fingerprint density at radius 1 is 1.04 bits per heavy atom. The van der Waals surface area contributed by atoms with Crippen LogP contribution in [0.25, 0.3) is 27.9 Å². The first-order chi connectivity index (χ1) is 11.7. The number of pyridine rings is 1. The third-order valence-electron chi connectivity index (χ3n) is 4.96. The van der Waals surface area contributed by atoms with Crippen LogP contribution in [0.3, 0.4) is 0 Å². The Bertz CT molecular complexity index is 1070. The van der Waals surface area contributed by atoms with Crippen molar-refractivity contribution < 1.29 is 0 Å². The van der Waals surface area contributed by atoms with Gasteiger partial charge in [-0.25, -0.2) is 15.0 Å². The van der Waals surface area contributed by atoms with Crippen molar-refractivity contribution in [2.75, 3.05) is 11.5 Å². The molecule has 1 aliphatic carbocycles. The predicted molar refractivity (Wildman–Crippen MR) is 93.4 cm³/mol. The van der Waals surface area contributed by atoms with Gasteiger partial charge in [-0.3, -0.25) is 4.40 Å². The predicted octanol–water partition coefficient (Wildman–Crippen LogP) is 2.64. The molecule has 5 rings (SSSR count). The molecule has 0 bridgehead atoms. The monoisotopic (exact) mass is 319 g/mol. The summed E-state index contributed by atoms with van der Waals surface area (Å²) in [6.07, 6.45) is 10.9. The zero-order valence-electron chi connectivity index (χ0n) is 13.1. The summed E-state index contributed by atoms with van der Waals surface area (Å²) in [6.45, 7) is 0. The largest absolute Gasteiger partial charge is 0.396 e. The summed E-state index contributed by atoms with van der Waals surface area (Å²) in [6, 6.07) is 4.36. The summed E-state index contributed by atoms with van der Waals surface area (Å²) < 4.78 is 4.23. The Morgan fingerprint density at radius 3 is 2.71 bits per heavy atom. The summed E-state index contributed by atoms with van der Waals surface area (Å²) in [7, 11) is 0. The molecule has 7 nitrogen and oxygen atoms in total. The lowest BCUT2D eigenvalue weighted by Crippen LogP contribution is -2.16. The Labute approximate surface area is 138 Å². The minimum Gasteiger partial charge on any atom is -0.396 e. The molecule has 24 heavy (non-hydrogen) atoms. The third kappa shape index (κ3) is 1.69. The van der Waals surface area contributed by atoms with Crippen molar-refractivity contribution in [2.24, 2.45) is 0 Å². The molecule has 4 heterocycles. The molecule has 1 saturated carbocycles. The van der Waals surface area contributed by atoms with Gasteiger partial charge in [-0.05, 0) is 31.4 Å². The molecule has 120 valence electrons. The van der Waals surface area contributed by atoms with Gasteiger partial charge in [0.15, 0.2) is 5.65 Å². The molecule has 0 saturated heterocycles. The molecule has 0 radical (unpaired) electrons. The maximum absolute atomic E-state index is 6.20. The molecule has 1 aliphatic rings. The van der Waals surface area contributed by atoms with Gasteiger partial charge < -0.3 is 16.0 Å². The summed E-state index contributed by atoms with van der Waals surface area (Å²) in [5.41, 5.74) is 16.5. The fraction of sp³-hybridized carbons (Fsp3) is 0.235. The van der Waals surface area contributed by atoms with E-state index < -0.39 is 0 Å². The van der Waals surface area contributed by atoms with Crippen molar-refractivity contribution >= 4 is 28.2 Å². The van der Waals surface area contributed by atoms with Gasteiger partial charge in [0.05, 0.1) is 16.8 Å². The topological polar surface area (TPSA) is 100 Å². The molecular weight excluding hydrogens is 302 g/mol. The van der Waals surface area contributed by atoms with Crippen LogP contribution in [0.2, 0.25) is 0 Å². The van der Waals surface area contributed by atoms with E-state index in [1.54, 1.807) is 6.20 Å². The molecule has 4 aromatic rings. The van der Waals surface area contributed by atoms with Gasteiger partial charge in [0, 0.05) is 30.2 Å². The first-order valence-electron chi connectivity index (χ1n) is 8.07. The van der Waals surface area contributed by atoms with E-state index in [2.05, 4.69) is 25.7 Å². The fourth-order valence-electron chi connectivity index (χ4n) is 3.50. The fourth-order valence-corrected chi connectivity index (χ4v) is 3.50. The number of hydrogen-bond acceptors (Lipinski definition) is 5. The van der Waals surface area contributed by atoms with Crippen LogP contribution in [-0.2, 0) is 0 Å². The Morgan fingerprint density at radius 2 is 1.92 bits per heavy atom. The van der Waals surface area contributed by atoms with Crippen molar-refractivity contribution in [3.8, 4) is 11.3 Å². The first-order valence-corrected chi connectivity index (χ1v) is 8.07. The highest BCUT2D eigenvalue weighted by atomic mass is 15.1. The Kier molecular flexibility index (Phi) is 2.62. The van der Waals surface area contributed by atoms with Gasteiger partial charge in [-0.1, -0.05) is 0 Å². The molecule has 0 aromatic carbocycles. The Hall–Kier alpha value is -3.09. The number of nitrogens with two attached hydrogens (primary N) is 2. The molecule has 4 aromatic heterocycles. The summed E-state index contributed by atoms with van der Waals surface area (Å²) in [5.74, 6) is 0.498. The molecular formula is C17H17N7. The smallest absolute Gasteiger partial charge is 0.160 e. The van der Waals surface area contributed by atoms with Crippen LogP contribution in [0.5, 0.6) is 0 Å². The van der Waals surface area contributed by atoms with E-state index in [1.165, 1.54) is 25.6 Å². The van der Waals surface area contributed by atoms with E-state index in [0.29, 0.717) is 17.5 Å². The van der Waals surface area contributed by atoms with Gasteiger partial charge in [-0.2, -0.15) is 0 Å². The number of aromatic nitrogens is 5. The van der Waals surface area contributed by atoms with Crippen LogP contribution < -0.4 is 11.5 Å². The SMILES string of the molecule is Nc1ncnc2c1c(-c1ccc(N)c3nccn13)cn2C1CCC1. The first kappa shape index (κ1) is 13.4. The van der Waals surface area contributed by atoms with Crippen molar-refractivity contribution in [1.82, 2.24) is 23.9 Å². The van der Waals surface area contributed by atoms with E-state index in [0.717, 1.165) is 27.9 Å². The number of imidazole rings is 1. The van der Waals surface area contributed by atoms with Gasteiger partial charge in [0.1, 0.15) is 17.8 Å². The van der Waals surface area contributed by atoms with Crippen LogP contribution in [0.15, 0.2) is 37.1 Å². The highest BCUT2D eigenvalue weighted by Crippen LogP contribution is 2.40. The standard InChI is InChI=1S/C17H17N7/c18-12-4-5-13(23-7-6-20-16(12)23)11-8-24(10-2-1-3-10)17-14(11)15(19)21-9-22-17/h4-10H,1-3,18H2,(H2,19,21,22). The maximum Gasteiger partial charge on any atom is 0.160 e. The summed E-state index contributed by atoms with van der Waals surface area (Å²) in [5, 5.41) is 0.893. The molecule has 1 fully saturated rings. The summed E-state index contributed by atoms with van der Waals surface area (Å²) >= 11 is 0. The molecule has 4 N–H and O–H groups in total. The summed E-state index contributed by atoms with van der Waals surface area (Å²) in [4.78, 5) is 13.0. The van der Waals surface area contributed by atoms with Gasteiger partial charge in [-0.15, -0.1) is 0 Å². The minimum absolute atomic E-state index is 0.489. The molecule has 0 unspecified atom stereocenters. The molecule has 0 spiro atoms. The maximum atomic E-state index is 6.20. The quantitative estimate of drug-likeness (QED) is 0.591. The van der Waals surface area contributed by atoms with E-state index >= 15 is 0 Å². The normalized spacial score (nSPS) is 15.2. The number of fused-ring (bicyclic) bond motifs is 2. The molecule has 0 amide bonds. The molecule has 0 aliphatic heterocycles. The molecule has 7 heteroatoms. The van der Waals surface area contributed by atoms with E-state index in [4.69, 9.17) is 11.5 Å². The number of hydrogen-bond donors (Lipinski definition) is 2. The average molecular weight is 319 g/mol. The zero-order valence-corrected chi connectivity index (χ0v) is 13.1. The Balaban J connectivity index is 1.86. The second-order valence-electron chi connectivity index (χ2n) is 6.29. The zero-order chi connectivity index (χ0) is 16.3. The van der Waals surface area contributed by atoms with Crippen molar-refractivity contribution in [1.29, 1.82) is 0 Å². The second-order valence-corrected chi connectivity index (χ2v) is 6.29. The van der Waals surface area contributed by atoms with Crippen LogP contribution in [0, 0.1) is 0 Å². The lowest BCUT2D eigenvalue weighted by Gasteiger charge is -2.27. The van der Waals surface area contributed by atoms with Crippen molar-refractivity contribution in [3.63, 3.8) is 0 Å². The minimum atomic E-state index is 0.489. The van der Waals surface area contributed by atoms with E-state index in [-0.39, 0.29) is 0 Å². The van der Waals surface area contributed by atoms with Gasteiger partial charge >= 0.3 is 0 Å². The number of rotatable bonds is 2. The van der Waals surface area contributed by atoms with Gasteiger partial charge in [0.2, 0.25) is 0 Å². The second kappa shape index (κ2) is 4.70. The highest BCUT2D eigenvalue weighted by Gasteiger charge is 2.25. The van der Waals surface area contributed by atoms with Crippen molar-refractivity contribution in [3.05, 3.63) is 37.1 Å².